The summed E-state index contributed by atoms with van der Waals surface area (Å²) in [5, 5.41) is 12.7. The number of aromatic nitrogens is 3. The zero-order chi connectivity index (χ0) is 14.2. The van der Waals surface area contributed by atoms with Crippen LogP contribution in [0.1, 0.15) is 22.3 Å². The van der Waals surface area contributed by atoms with Crippen molar-refractivity contribution < 1.29 is 23.1 Å². The highest BCUT2D eigenvalue weighted by atomic mass is 32.1. The fourth-order valence-electron chi connectivity index (χ4n) is 1.53. The Balaban J connectivity index is 2.59. The average molecular weight is 291 g/mol. The molecule has 0 aliphatic rings. The molecule has 0 saturated carbocycles. The highest BCUT2D eigenvalue weighted by Crippen LogP contribution is 2.37. The van der Waals surface area contributed by atoms with Crippen LogP contribution in [0, 0.1) is 0 Å². The van der Waals surface area contributed by atoms with E-state index in [-0.39, 0.29) is 5.01 Å². The Morgan fingerprint density at radius 2 is 2.21 bits per heavy atom. The number of hydrogen-bond donors (Lipinski definition) is 1. The molecular weight excluding hydrogens is 283 g/mol. The van der Waals surface area contributed by atoms with Crippen LogP contribution in [0.5, 0.6) is 0 Å². The van der Waals surface area contributed by atoms with Gasteiger partial charge in [0.15, 0.2) is 5.69 Å². The summed E-state index contributed by atoms with van der Waals surface area (Å²) in [5.74, 6) is -1.64. The van der Waals surface area contributed by atoms with Gasteiger partial charge in [-0.3, -0.25) is 4.68 Å². The number of aryl methyl sites for hydroxylation is 1. The maximum atomic E-state index is 12.7. The summed E-state index contributed by atoms with van der Waals surface area (Å²) in [4.78, 5) is 13.4. The SMILES string of the molecule is CCn1nccc1-c1nc(C(F)(F)F)c(C(=O)O)s1. The van der Waals surface area contributed by atoms with Gasteiger partial charge in [-0.2, -0.15) is 18.3 Å². The fourth-order valence-corrected chi connectivity index (χ4v) is 2.49. The van der Waals surface area contributed by atoms with Crippen LogP contribution in [0.15, 0.2) is 12.3 Å². The lowest BCUT2D eigenvalue weighted by Gasteiger charge is -2.02. The van der Waals surface area contributed by atoms with E-state index in [9.17, 15) is 18.0 Å². The Hall–Kier alpha value is -1.90. The van der Waals surface area contributed by atoms with Crippen molar-refractivity contribution >= 4 is 17.3 Å². The lowest BCUT2D eigenvalue weighted by molar-refractivity contribution is -0.141. The lowest BCUT2D eigenvalue weighted by Crippen LogP contribution is -2.11. The maximum Gasteiger partial charge on any atom is 0.435 e. The summed E-state index contributed by atoms with van der Waals surface area (Å²) in [6.45, 7) is 2.22. The highest BCUT2D eigenvalue weighted by Gasteiger charge is 2.40. The first kappa shape index (κ1) is 13.5. The minimum absolute atomic E-state index is 0.0101. The molecule has 0 spiro atoms. The fraction of sp³-hybridized carbons (Fsp3) is 0.300. The topological polar surface area (TPSA) is 68.0 Å². The second-order valence-corrected chi connectivity index (χ2v) is 4.53. The van der Waals surface area contributed by atoms with Crippen molar-refractivity contribution in [2.45, 2.75) is 19.6 Å². The third-order valence-electron chi connectivity index (χ3n) is 2.33. The van der Waals surface area contributed by atoms with Crippen molar-refractivity contribution in [2.24, 2.45) is 0 Å². The molecule has 102 valence electrons. The molecule has 0 aromatic carbocycles. The minimum atomic E-state index is -4.79. The smallest absolute Gasteiger partial charge is 0.435 e. The normalized spacial score (nSPS) is 11.8. The lowest BCUT2D eigenvalue weighted by atomic mass is 10.3. The standard InChI is InChI=1S/C10H8F3N3O2S/c1-2-16-5(3-4-14-16)8-15-7(10(11,12)13)6(19-8)9(17)18/h3-4H,2H2,1H3,(H,17,18). The van der Waals surface area contributed by atoms with Gasteiger partial charge in [0.05, 0.1) is 5.69 Å². The largest absolute Gasteiger partial charge is 0.477 e. The van der Waals surface area contributed by atoms with Gasteiger partial charge in [-0.1, -0.05) is 0 Å². The molecule has 19 heavy (non-hydrogen) atoms. The monoisotopic (exact) mass is 291 g/mol. The predicted octanol–water partition coefficient (Wildman–Crippen LogP) is 2.74. The quantitative estimate of drug-likeness (QED) is 0.944. The Bertz CT molecular complexity index is 618. The van der Waals surface area contributed by atoms with E-state index in [1.165, 1.54) is 16.9 Å². The third-order valence-corrected chi connectivity index (χ3v) is 3.39. The number of carboxylic acid groups (broad SMARTS) is 1. The number of rotatable bonds is 3. The van der Waals surface area contributed by atoms with Crippen LogP contribution in [-0.2, 0) is 12.7 Å². The molecule has 0 fully saturated rings. The van der Waals surface area contributed by atoms with Gasteiger partial charge in [-0.05, 0) is 13.0 Å². The van der Waals surface area contributed by atoms with Crippen molar-refractivity contribution in [1.82, 2.24) is 14.8 Å². The van der Waals surface area contributed by atoms with E-state index in [4.69, 9.17) is 5.11 Å². The van der Waals surface area contributed by atoms with E-state index in [0.29, 0.717) is 23.6 Å². The molecule has 0 unspecified atom stereocenters. The van der Waals surface area contributed by atoms with E-state index in [2.05, 4.69) is 10.1 Å². The molecule has 2 heterocycles. The number of nitrogens with zero attached hydrogens (tertiary/aromatic N) is 3. The number of carbonyl (C=O) groups is 1. The number of aromatic carboxylic acids is 1. The number of alkyl halides is 3. The summed E-state index contributed by atoms with van der Waals surface area (Å²) in [6, 6.07) is 1.49. The van der Waals surface area contributed by atoms with Gasteiger partial charge in [0.2, 0.25) is 0 Å². The van der Waals surface area contributed by atoms with Crippen molar-refractivity contribution in [3.05, 3.63) is 22.8 Å². The molecule has 2 rings (SSSR count). The Labute approximate surface area is 109 Å². The van der Waals surface area contributed by atoms with Crippen molar-refractivity contribution in [3.63, 3.8) is 0 Å². The summed E-state index contributed by atoms with van der Waals surface area (Å²) < 4.78 is 39.6. The first-order valence-electron chi connectivity index (χ1n) is 5.18. The van der Waals surface area contributed by atoms with Gasteiger partial charge >= 0.3 is 12.1 Å². The van der Waals surface area contributed by atoms with E-state index < -0.39 is 22.7 Å². The summed E-state index contributed by atoms with van der Waals surface area (Å²) in [7, 11) is 0. The molecule has 0 saturated heterocycles. The van der Waals surface area contributed by atoms with E-state index in [1.54, 1.807) is 6.92 Å². The van der Waals surface area contributed by atoms with Crippen LogP contribution in [0.2, 0.25) is 0 Å². The number of thiazole rings is 1. The second-order valence-electron chi connectivity index (χ2n) is 3.53. The van der Waals surface area contributed by atoms with Gasteiger partial charge in [-0.25, -0.2) is 9.78 Å². The molecule has 9 heteroatoms. The van der Waals surface area contributed by atoms with Gasteiger partial charge in [0, 0.05) is 12.7 Å². The van der Waals surface area contributed by atoms with Crippen LogP contribution >= 0.6 is 11.3 Å². The summed E-state index contributed by atoms with van der Waals surface area (Å²) in [5.41, 5.74) is -1.01. The van der Waals surface area contributed by atoms with Gasteiger partial charge < -0.3 is 5.11 Å². The van der Waals surface area contributed by atoms with Gasteiger partial charge in [0.25, 0.3) is 0 Å². The van der Waals surface area contributed by atoms with Crippen LogP contribution in [0.4, 0.5) is 13.2 Å². The Morgan fingerprint density at radius 3 is 2.68 bits per heavy atom. The molecule has 2 aromatic rings. The van der Waals surface area contributed by atoms with Crippen molar-refractivity contribution in [3.8, 4) is 10.7 Å². The van der Waals surface area contributed by atoms with Crippen LogP contribution in [0.3, 0.4) is 0 Å². The van der Waals surface area contributed by atoms with Crippen LogP contribution in [0.25, 0.3) is 10.7 Å². The van der Waals surface area contributed by atoms with Crippen molar-refractivity contribution in [1.29, 1.82) is 0 Å². The van der Waals surface area contributed by atoms with E-state index >= 15 is 0 Å². The molecule has 0 aliphatic carbocycles. The highest BCUT2D eigenvalue weighted by molar-refractivity contribution is 7.17. The molecule has 2 aromatic heterocycles. The van der Waals surface area contributed by atoms with E-state index in [0.717, 1.165) is 0 Å². The number of carboxylic acids is 1. The minimum Gasteiger partial charge on any atom is -0.477 e. The molecule has 0 atom stereocenters. The molecule has 0 bridgehead atoms. The van der Waals surface area contributed by atoms with Crippen molar-refractivity contribution in [2.75, 3.05) is 0 Å². The third kappa shape index (κ3) is 2.46. The Kier molecular flexibility index (Phi) is 3.31. The number of halogens is 3. The average Bonchev–Trinajstić information content (AvgIpc) is 2.93. The van der Waals surface area contributed by atoms with Gasteiger partial charge in [-0.15, -0.1) is 11.3 Å². The molecule has 5 nitrogen and oxygen atoms in total. The molecule has 0 radical (unpaired) electrons. The molecule has 1 N–H and O–H groups in total. The molecular formula is C10H8F3N3O2S. The van der Waals surface area contributed by atoms with Crippen LogP contribution < -0.4 is 0 Å². The second kappa shape index (κ2) is 4.65. The molecule has 0 aliphatic heterocycles. The molecule has 0 amide bonds. The van der Waals surface area contributed by atoms with Crippen LogP contribution in [-0.4, -0.2) is 25.8 Å². The van der Waals surface area contributed by atoms with Gasteiger partial charge in [0.1, 0.15) is 9.88 Å². The summed E-state index contributed by atoms with van der Waals surface area (Å²) >= 11 is 0.490. The predicted molar refractivity (Wildman–Crippen MR) is 61.0 cm³/mol. The zero-order valence-electron chi connectivity index (χ0n) is 9.60. The first-order chi connectivity index (χ1) is 8.84. The number of hydrogen-bond acceptors (Lipinski definition) is 4. The maximum absolute atomic E-state index is 12.7. The first-order valence-corrected chi connectivity index (χ1v) is 5.99. The summed E-state index contributed by atoms with van der Waals surface area (Å²) in [6.07, 6.45) is -3.37. The Morgan fingerprint density at radius 1 is 1.53 bits per heavy atom. The van der Waals surface area contributed by atoms with E-state index in [1.807, 2.05) is 0 Å². The zero-order valence-corrected chi connectivity index (χ0v) is 10.4.